The van der Waals surface area contributed by atoms with Crippen LogP contribution in [0.4, 0.5) is 4.79 Å². The van der Waals surface area contributed by atoms with Gasteiger partial charge in [-0.2, -0.15) is 0 Å². The summed E-state index contributed by atoms with van der Waals surface area (Å²) in [5.41, 5.74) is 2.76. The third-order valence-corrected chi connectivity index (χ3v) is 13.7. The van der Waals surface area contributed by atoms with Gasteiger partial charge >= 0.3 is 41.8 Å². The van der Waals surface area contributed by atoms with Gasteiger partial charge in [-0.15, -0.1) is 0 Å². The van der Waals surface area contributed by atoms with Crippen molar-refractivity contribution in [3.05, 3.63) is 68.8 Å². The number of urea groups is 1. The molecule has 0 aliphatic carbocycles. The van der Waals surface area contributed by atoms with E-state index in [1.807, 2.05) is 48.5 Å². The minimum Gasteiger partial charge on any atom is -0.481 e. The molecule has 1 aliphatic rings. The lowest BCUT2D eigenvalue weighted by atomic mass is 9.99. The van der Waals surface area contributed by atoms with Gasteiger partial charge in [0.2, 0.25) is 5.91 Å². The quantitative estimate of drug-likeness (QED) is 0.0296. The highest BCUT2D eigenvalue weighted by Crippen LogP contribution is 2.18. The zero-order valence-corrected chi connectivity index (χ0v) is 45.4. The fraction of sp³-hybridized carbons (Fsp3) is 0.569. The number of Topliss-reactive ketones (excluding diaryl/α,β-unsaturated/α-hetero) is 1. The molecule has 414 valence electrons. The second kappa shape index (κ2) is 34.1. The van der Waals surface area contributed by atoms with Gasteiger partial charge < -0.3 is 46.2 Å². The highest BCUT2D eigenvalue weighted by molar-refractivity contribution is 14.1. The van der Waals surface area contributed by atoms with E-state index in [1.54, 1.807) is 24.5 Å². The number of carboxylic acids is 6. The summed E-state index contributed by atoms with van der Waals surface area (Å²) < 4.78 is 1.04. The maximum absolute atomic E-state index is 13.6. The second-order valence-electron chi connectivity index (χ2n) is 18.8. The first-order chi connectivity index (χ1) is 35.6. The molecular formula is C51H72IN7O15S. The summed E-state index contributed by atoms with van der Waals surface area (Å²) in [5, 5.41) is 62.3. The fourth-order valence-electron chi connectivity index (χ4n) is 8.68. The Hall–Kier alpha value is -5.67. The Balaban J connectivity index is 1.58. The van der Waals surface area contributed by atoms with Gasteiger partial charge in [0.15, 0.2) is 5.78 Å². The molecule has 1 heterocycles. The molecule has 1 unspecified atom stereocenters. The molecule has 1 fully saturated rings. The molecule has 8 N–H and O–H groups in total. The fourth-order valence-corrected chi connectivity index (χ4v) is 9.35. The summed E-state index contributed by atoms with van der Waals surface area (Å²) in [6.45, 7) is 1.89. The Bertz CT molecular complexity index is 2240. The van der Waals surface area contributed by atoms with Crippen LogP contribution >= 0.6 is 34.8 Å². The summed E-state index contributed by atoms with van der Waals surface area (Å²) in [4.78, 5) is 118. The number of unbranched alkanes of at least 4 members (excludes halogenated alkanes) is 3. The van der Waals surface area contributed by atoms with Crippen LogP contribution in [0.1, 0.15) is 87.8 Å². The van der Waals surface area contributed by atoms with Crippen LogP contribution < -0.4 is 10.6 Å². The molecule has 3 amide bonds. The number of thiocarbonyl (C=S) groups is 1. The minimum absolute atomic E-state index is 0.0536. The molecule has 3 atom stereocenters. The molecule has 2 aromatic carbocycles. The lowest BCUT2D eigenvalue weighted by molar-refractivity contribution is -0.142. The Morgan fingerprint density at radius 1 is 0.600 bits per heavy atom. The zero-order chi connectivity index (χ0) is 55.5. The predicted octanol–water partition coefficient (Wildman–Crippen LogP) is 3.40. The molecule has 0 saturated carbocycles. The van der Waals surface area contributed by atoms with Crippen molar-refractivity contribution in [2.24, 2.45) is 0 Å². The third-order valence-electron chi connectivity index (χ3n) is 12.7. The molecule has 1 saturated heterocycles. The van der Waals surface area contributed by atoms with Crippen molar-refractivity contribution < 1.29 is 73.8 Å². The normalized spacial score (nSPS) is 16.1. The summed E-state index contributed by atoms with van der Waals surface area (Å²) in [7, 11) is 0. The summed E-state index contributed by atoms with van der Waals surface area (Å²) in [5.74, 6) is -7.27. The molecule has 24 heteroatoms. The smallest absolute Gasteiger partial charge is 0.326 e. The topological polar surface area (TPSA) is 315 Å². The SMILES string of the molecule is CC(=O)[C@H](CCC(=O)O)NC(=O)N[C@@H](CCCCN(Cc1ccc(I)cc1)C(=O)CCCCCC(=S)Cc1ccc(CC2CN(CC(=O)O)CCN(CC(=O)O)CCN(CC(=O)O)CCN2CC(=O)O)cc1)C(=O)O. The number of aliphatic carboxylic acids is 6. The van der Waals surface area contributed by atoms with Gasteiger partial charge in [-0.3, -0.25) is 53.2 Å². The van der Waals surface area contributed by atoms with Crippen molar-refractivity contribution in [2.45, 2.75) is 109 Å². The molecule has 0 aromatic heterocycles. The molecule has 0 bridgehead atoms. The van der Waals surface area contributed by atoms with Gasteiger partial charge in [-0.05, 0) is 115 Å². The van der Waals surface area contributed by atoms with Crippen molar-refractivity contribution >= 4 is 93.2 Å². The summed E-state index contributed by atoms with van der Waals surface area (Å²) in [6, 6.07) is 11.8. The van der Waals surface area contributed by atoms with E-state index in [2.05, 4.69) is 33.2 Å². The molecule has 1 aliphatic heterocycles. The average molecular weight is 1180 g/mol. The highest BCUT2D eigenvalue weighted by atomic mass is 127. The van der Waals surface area contributed by atoms with E-state index in [9.17, 15) is 68.7 Å². The van der Waals surface area contributed by atoms with E-state index in [4.69, 9.17) is 17.3 Å². The average Bonchev–Trinajstić information content (AvgIpc) is 3.32. The van der Waals surface area contributed by atoms with E-state index in [-0.39, 0.29) is 97.2 Å². The number of carboxylic acid groups (broad SMARTS) is 6. The Morgan fingerprint density at radius 3 is 1.68 bits per heavy atom. The number of ketones is 1. The van der Waals surface area contributed by atoms with Crippen molar-refractivity contribution in [1.82, 2.24) is 35.1 Å². The van der Waals surface area contributed by atoms with Gasteiger partial charge in [-0.25, -0.2) is 9.59 Å². The monoisotopic (exact) mass is 1180 g/mol. The number of carbonyl (C=O) groups is 9. The second-order valence-corrected chi connectivity index (χ2v) is 20.6. The van der Waals surface area contributed by atoms with Crippen LogP contribution in [0.15, 0.2) is 48.5 Å². The van der Waals surface area contributed by atoms with Crippen LogP contribution in [0.5, 0.6) is 0 Å². The van der Waals surface area contributed by atoms with Gasteiger partial charge in [0.05, 0.1) is 32.2 Å². The van der Waals surface area contributed by atoms with Crippen LogP contribution in [-0.2, 0) is 57.7 Å². The standard InChI is InChI=1S/C51H72IN7O15S/c1-35(60)42(18-19-45(62)63)53-51(74)54-43(50(72)73)8-5-6-20-59(29-38-14-16-39(52)17-15-38)44(61)9-4-2-3-7-41(75)28-37-12-10-36(11-13-37)27-40-30-57(33-48(68)69)24-23-55(31-46(64)65)21-22-56(32-47(66)67)25-26-58(40)34-49(70)71/h10-17,40,42-43H,2-9,18-34H2,1H3,(H,62,63)(H,64,65)(H,66,67)(H,68,69)(H,70,71)(H,72,73)(H2,53,54,74)/t40?,42-,43-/m0/s1. The molecule has 0 spiro atoms. The molecule has 0 radical (unpaired) electrons. The maximum atomic E-state index is 13.6. The summed E-state index contributed by atoms with van der Waals surface area (Å²) >= 11 is 7.97. The molecule has 75 heavy (non-hydrogen) atoms. The van der Waals surface area contributed by atoms with Gasteiger partial charge in [0.25, 0.3) is 0 Å². The van der Waals surface area contributed by atoms with Gasteiger partial charge in [-0.1, -0.05) is 55.0 Å². The Labute approximate surface area is 455 Å². The lowest BCUT2D eigenvalue weighted by Crippen LogP contribution is -2.53. The van der Waals surface area contributed by atoms with Crippen molar-refractivity contribution in [3.8, 4) is 0 Å². The number of nitrogens with one attached hydrogen (secondary N) is 2. The Morgan fingerprint density at radius 2 is 1.12 bits per heavy atom. The number of carbonyl (C=O) groups excluding carboxylic acids is 3. The number of amides is 3. The molecular weight excluding hydrogens is 1110 g/mol. The van der Waals surface area contributed by atoms with Crippen LogP contribution in [0.3, 0.4) is 0 Å². The predicted molar refractivity (Wildman–Crippen MR) is 288 cm³/mol. The summed E-state index contributed by atoms with van der Waals surface area (Å²) in [6.07, 6.45) is 4.32. The van der Waals surface area contributed by atoms with Crippen LogP contribution in [0, 0.1) is 3.57 Å². The maximum Gasteiger partial charge on any atom is 0.326 e. The van der Waals surface area contributed by atoms with Gasteiger partial charge in [0.1, 0.15) is 6.04 Å². The number of nitrogens with zero attached hydrogens (tertiary/aromatic N) is 5. The van der Waals surface area contributed by atoms with Crippen LogP contribution in [0.25, 0.3) is 0 Å². The minimum atomic E-state index is -1.28. The highest BCUT2D eigenvalue weighted by Gasteiger charge is 2.28. The van der Waals surface area contributed by atoms with Crippen LogP contribution in [-0.4, -0.2) is 210 Å². The van der Waals surface area contributed by atoms with Crippen LogP contribution in [0.2, 0.25) is 0 Å². The molecule has 22 nitrogen and oxygen atoms in total. The van der Waals surface area contributed by atoms with E-state index >= 15 is 0 Å². The van der Waals surface area contributed by atoms with E-state index in [1.165, 1.54) is 6.92 Å². The van der Waals surface area contributed by atoms with E-state index in [0.717, 1.165) is 38.0 Å². The number of hydrogen-bond donors (Lipinski definition) is 8. The van der Waals surface area contributed by atoms with Gasteiger partial charge in [0, 0.05) is 87.8 Å². The van der Waals surface area contributed by atoms with Crippen molar-refractivity contribution in [3.63, 3.8) is 0 Å². The van der Waals surface area contributed by atoms with E-state index < -0.39 is 65.8 Å². The lowest BCUT2D eigenvalue weighted by Gasteiger charge is -2.37. The number of hydrogen-bond acceptors (Lipinski definition) is 14. The number of halogens is 1. The molecule has 3 rings (SSSR count). The third kappa shape index (κ3) is 27.1. The largest absolute Gasteiger partial charge is 0.481 e. The molecule has 2 aromatic rings. The zero-order valence-electron chi connectivity index (χ0n) is 42.4. The first-order valence-corrected chi connectivity index (χ1v) is 26.5. The van der Waals surface area contributed by atoms with E-state index in [0.29, 0.717) is 58.0 Å². The Kier molecular flexibility index (Phi) is 28.9. The number of benzene rings is 2. The first kappa shape index (κ1) is 63.6. The number of rotatable bonds is 32. The first-order valence-electron chi connectivity index (χ1n) is 25.0. The van der Waals surface area contributed by atoms with Crippen molar-refractivity contribution in [2.75, 3.05) is 78.5 Å². The van der Waals surface area contributed by atoms with Crippen molar-refractivity contribution in [1.29, 1.82) is 0 Å².